The van der Waals surface area contributed by atoms with Gasteiger partial charge in [0.15, 0.2) is 0 Å². The van der Waals surface area contributed by atoms with Gasteiger partial charge in [-0.3, -0.25) is 5.41 Å². The summed E-state index contributed by atoms with van der Waals surface area (Å²) in [6.07, 6.45) is 4.76. The maximum absolute atomic E-state index is 10.2. The van der Waals surface area contributed by atoms with Crippen molar-refractivity contribution >= 4 is 23.4 Å². The lowest BCUT2D eigenvalue weighted by Crippen LogP contribution is -2.11. The first-order chi connectivity index (χ1) is 6.07. The summed E-state index contributed by atoms with van der Waals surface area (Å²) in [7, 11) is 0. The molecule has 74 valence electrons. The first kappa shape index (κ1) is 12.0. The van der Waals surface area contributed by atoms with Crippen LogP contribution in [0.2, 0.25) is 0 Å². The molecule has 0 saturated carbocycles. The summed E-state index contributed by atoms with van der Waals surface area (Å²) in [5.74, 6) is -0.248. The van der Waals surface area contributed by atoms with Gasteiger partial charge in [-0.1, -0.05) is 0 Å². The lowest BCUT2D eigenvalue weighted by atomic mass is 10.2. The van der Waals surface area contributed by atoms with Gasteiger partial charge in [-0.05, 0) is 30.9 Å². The van der Waals surface area contributed by atoms with Crippen LogP contribution in [-0.2, 0) is 4.79 Å². The largest absolute Gasteiger partial charge is 0.477 e. The molecule has 0 aromatic heterocycles. The van der Waals surface area contributed by atoms with E-state index in [2.05, 4.69) is 0 Å². The third-order valence-corrected chi connectivity index (χ3v) is 2.07. The van der Waals surface area contributed by atoms with Crippen LogP contribution >= 0.6 is 11.8 Å². The number of nitrogens with two attached hydrogens (primary N) is 1. The molecule has 0 heterocycles. The number of carbonyl (C=O) groups is 1. The minimum absolute atomic E-state index is 0.457. The molecule has 13 heavy (non-hydrogen) atoms. The van der Waals surface area contributed by atoms with Gasteiger partial charge in [0.2, 0.25) is 0 Å². The predicted molar refractivity (Wildman–Crippen MR) is 55.2 cm³/mol. The van der Waals surface area contributed by atoms with Gasteiger partial charge in [-0.15, -0.1) is 0 Å². The Balaban J connectivity index is 3.87. The molecule has 0 bridgehead atoms. The number of allylic oxidation sites excluding steroid dienone is 1. The summed E-state index contributed by atoms with van der Waals surface area (Å²) in [6, 6.07) is 0. The minimum Gasteiger partial charge on any atom is -0.477 e. The molecule has 0 unspecified atom stereocenters. The number of rotatable bonds is 6. The molecule has 0 aromatic rings. The van der Waals surface area contributed by atoms with Gasteiger partial charge in [0.05, 0.1) is 0 Å². The third kappa shape index (κ3) is 6.21. The molecule has 0 aliphatic heterocycles. The molecule has 0 fully saturated rings. The van der Waals surface area contributed by atoms with Crippen molar-refractivity contribution in [1.29, 1.82) is 5.41 Å². The zero-order valence-electron chi connectivity index (χ0n) is 7.54. The van der Waals surface area contributed by atoms with Crippen molar-refractivity contribution in [3.63, 3.8) is 0 Å². The quantitative estimate of drug-likeness (QED) is 0.444. The van der Waals surface area contributed by atoms with E-state index in [1.165, 1.54) is 6.08 Å². The molecule has 0 radical (unpaired) electrons. The van der Waals surface area contributed by atoms with E-state index in [4.69, 9.17) is 16.2 Å². The van der Waals surface area contributed by atoms with Crippen LogP contribution in [0.1, 0.15) is 12.8 Å². The molecule has 0 aliphatic carbocycles. The van der Waals surface area contributed by atoms with Gasteiger partial charge in [0.25, 0.3) is 0 Å². The Hall–Kier alpha value is -0.970. The fraction of sp³-hybridized carbons (Fsp3) is 0.500. The van der Waals surface area contributed by atoms with Gasteiger partial charge in [-0.25, -0.2) is 4.79 Å². The Labute approximate surface area is 81.7 Å². The van der Waals surface area contributed by atoms with E-state index in [0.29, 0.717) is 12.1 Å². The van der Waals surface area contributed by atoms with E-state index in [1.807, 2.05) is 6.26 Å². The van der Waals surface area contributed by atoms with E-state index in [1.54, 1.807) is 11.8 Å². The third-order valence-electron chi connectivity index (χ3n) is 1.37. The second-order valence-corrected chi connectivity index (χ2v) is 3.52. The van der Waals surface area contributed by atoms with Crippen LogP contribution in [0.3, 0.4) is 0 Å². The Morgan fingerprint density at radius 2 is 2.31 bits per heavy atom. The van der Waals surface area contributed by atoms with Gasteiger partial charge in [0, 0.05) is 5.70 Å². The van der Waals surface area contributed by atoms with E-state index >= 15 is 0 Å². The van der Waals surface area contributed by atoms with E-state index in [0.717, 1.165) is 12.2 Å². The van der Waals surface area contributed by atoms with E-state index in [-0.39, 0.29) is 0 Å². The van der Waals surface area contributed by atoms with Crippen LogP contribution in [0.4, 0.5) is 0 Å². The predicted octanol–water partition coefficient (Wildman–Crippen LogP) is 1.08. The average Bonchev–Trinajstić information content (AvgIpc) is 2.04. The summed E-state index contributed by atoms with van der Waals surface area (Å²) in [5, 5.41) is 15.4. The van der Waals surface area contributed by atoms with Crippen molar-refractivity contribution in [2.24, 2.45) is 5.73 Å². The molecule has 0 saturated heterocycles. The number of nitrogens with one attached hydrogen (secondary N) is 1. The molecule has 0 spiro atoms. The zero-order chi connectivity index (χ0) is 10.3. The second-order valence-electron chi connectivity index (χ2n) is 2.53. The van der Waals surface area contributed by atoms with Crippen molar-refractivity contribution in [1.82, 2.24) is 0 Å². The average molecular weight is 202 g/mol. The van der Waals surface area contributed by atoms with Gasteiger partial charge in [-0.2, -0.15) is 11.8 Å². The van der Waals surface area contributed by atoms with Crippen molar-refractivity contribution in [2.45, 2.75) is 12.8 Å². The van der Waals surface area contributed by atoms with Gasteiger partial charge < -0.3 is 10.8 Å². The second kappa shape index (κ2) is 6.54. The lowest BCUT2D eigenvalue weighted by Gasteiger charge is -1.99. The van der Waals surface area contributed by atoms with Crippen LogP contribution in [0, 0.1) is 5.41 Å². The fourth-order valence-electron chi connectivity index (χ4n) is 0.740. The summed E-state index contributed by atoms with van der Waals surface area (Å²) in [4.78, 5) is 10.2. The summed E-state index contributed by atoms with van der Waals surface area (Å²) in [6.45, 7) is 0. The highest BCUT2D eigenvalue weighted by Gasteiger charge is 2.02. The molecule has 0 rings (SSSR count). The first-order valence-corrected chi connectivity index (χ1v) is 5.24. The molecular formula is C8H14N2O2S. The lowest BCUT2D eigenvalue weighted by molar-refractivity contribution is -0.129. The molecule has 0 aliphatic rings. The van der Waals surface area contributed by atoms with Gasteiger partial charge in [0.1, 0.15) is 5.71 Å². The molecule has 0 amide bonds. The van der Waals surface area contributed by atoms with E-state index < -0.39 is 11.7 Å². The van der Waals surface area contributed by atoms with Crippen LogP contribution in [0.5, 0.6) is 0 Å². The summed E-state index contributed by atoms with van der Waals surface area (Å²) < 4.78 is 0. The van der Waals surface area contributed by atoms with E-state index in [9.17, 15) is 4.79 Å². The first-order valence-electron chi connectivity index (χ1n) is 3.84. The molecule has 4 N–H and O–H groups in total. The molecule has 0 atom stereocenters. The number of aliphatic carboxylic acids is 1. The summed E-state index contributed by atoms with van der Waals surface area (Å²) >= 11 is 1.72. The maximum atomic E-state index is 10.2. The van der Waals surface area contributed by atoms with Crippen LogP contribution in [0.15, 0.2) is 11.8 Å². The standard InChI is InChI=1S/C8H14N2O2S/c1-13-4-2-3-6(9)5-7(10)8(11)12/h5,10H,2-4,9H2,1H3,(H,11,12)/b6-5-,10-7?. The fourth-order valence-corrected chi connectivity index (χ4v) is 1.17. The van der Waals surface area contributed by atoms with Crippen molar-refractivity contribution < 1.29 is 9.90 Å². The number of hydrogen-bond donors (Lipinski definition) is 3. The highest BCUT2D eigenvalue weighted by atomic mass is 32.2. The highest BCUT2D eigenvalue weighted by molar-refractivity contribution is 7.98. The van der Waals surface area contributed by atoms with Crippen molar-refractivity contribution in [3.8, 4) is 0 Å². The van der Waals surface area contributed by atoms with Crippen LogP contribution < -0.4 is 5.73 Å². The van der Waals surface area contributed by atoms with Crippen LogP contribution in [-0.4, -0.2) is 28.8 Å². The normalized spacial score (nSPS) is 11.3. The zero-order valence-corrected chi connectivity index (χ0v) is 8.36. The number of carboxylic acids is 1. The van der Waals surface area contributed by atoms with Crippen molar-refractivity contribution in [2.75, 3.05) is 12.0 Å². The highest BCUT2D eigenvalue weighted by Crippen LogP contribution is 2.03. The topological polar surface area (TPSA) is 87.2 Å². The Kier molecular flexibility index (Phi) is 6.05. The van der Waals surface area contributed by atoms with Crippen molar-refractivity contribution in [3.05, 3.63) is 11.8 Å². The number of hydrogen-bond acceptors (Lipinski definition) is 4. The Bertz CT molecular complexity index is 226. The maximum Gasteiger partial charge on any atom is 0.353 e. The molecule has 0 aromatic carbocycles. The Morgan fingerprint density at radius 3 is 2.77 bits per heavy atom. The van der Waals surface area contributed by atoms with Gasteiger partial charge >= 0.3 is 5.97 Å². The summed E-state index contributed by atoms with van der Waals surface area (Å²) in [5.41, 5.74) is 5.50. The monoisotopic (exact) mass is 202 g/mol. The molecule has 5 heteroatoms. The number of thioether (sulfide) groups is 1. The Morgan fingerprint density at radius 1 is 1.69 bits per heavy atom. The van der Waals surface area contributed by atoms with Crippen LogP contribution in [0.25, 0.3) is 0 Å². The minimum atomic E-state index is -1.24. The number of carboxylic acid groups (broad SMARTS) is 1. The molecular weight excluding hydrogens is 188 g/mol. The molecule has 4 nitrogen and oxygen atoms in total. The smallest absolute Gasteiger partial charge is 0.353 e. The SMILES string of the molecule is CSCCC/C(N)=C/C(=N)C(=O)O.